The summed E-state index contributed by atoms with van der Waals surface area (Å²) in [5, 5.41) is 3.02. The zero-order valence-corrected chi connectivity index (χ0v) is 13.7. The number of methoxy groups -OCH3 is 1. The molecule has 5 nitrogen and oxygen atoms in total. The summed E-state index contributed by atoms with van der Waals surface area (Å²) in [4.78, 5) is 26.0. The highest BCUT2D eigenvalue weighted by Crippen LogP contribution is 2.23. The molecule has 6 heteroatoms. The van der Waals surface area contributed by atoms with Gasteiger partial charge in [0.2, 0.25) is 0 Å². The van der Waals surface area contributed by atoms with E-state index >= 15 is 0 Å². The van der Waals surface area contributed by atoms with Gasteiger partial charge in [0.15, 0.2) is 0 Å². The minimum Gasteiger partial charge on any atom is -0.384 e. The Bertz CT molecular complexity index is 560. The lowest BCUT2D eigenvalue weighted by molar-refractivity contribution is -0.144. The van der Waals surface area contributed by atoms with Crippen molar-refractivity contribution < 1.29 is 14.3 Å². The Morgan fingerprint density at radius 2 is 2.23 bits per heavy atom. The number of hydrogen-bond donors (Lipinski definition) is 1. The molecule has 0 saturated carbocycles. The summed E-state index contributed by atoms with van der Waals surface area (Å²) in [6, 6.07) is 5.28. The van der Waals surface area contributed by atoms with Crippen molar-refractivity contribution >= 4 is 29.1 Å². The molecule has 1 aromatic rings. The molecule has 1 N–H and O–H groups in total. The number of ether oxygens (including phenoxy) is 1. The zero-order valence-electron chi connectivity index (χ0n) is 12.9. The molecule has 22 heavy (non-hydrogen) atoms. The normalized spacial score (nSPS) is 18.1. The molecule has 1 saturated heterocycles. The Morgan fingerprint density at radius 3 is 2.91 bits per heavy atom. The highest BCUT2D eigenvalue weighted by atomic mass is 35.5. The van der Waals surface area contributed by atoms with Crippen molar-refractivity contribution in [2.45, 2.75) is 19.8 Å². The standard InChI is InChI=1S/C16H21ClN2O3/c1-11-5-6-14(13(17)8-11)18-15(20)16(21)19-7-3-4-12(9-19)10-22-2/h5-6,8,12H,3-4,7,9-10H2,1-2H3,(H,18,20)/t12-/m0/s1. The van der Waals surface area contributed by atoms with Crippen LogP contribution in [0.3, 0.4) is 0 Å². The summed E-state index contributed by atoms with van der Waals surface area (Å²) in [5.74, 6) is -0.875. The van der Waals surface area contributed by atoms with Gasteiger partial charge in [-0.1, -0.05) is 17.7 Å². The van der Waals surface area contributed by atoms with E-state index in [0.29, 0.717) is 36.3 Å². The largest absolute Gasteiger partial charge is 0.384 e. The molecule has 0 radical (unpaired) electrons. The lowest BCUT2D eigenvalue weighted by atomic mass is 9.99. The van der Waals surface area contributed by atoms with Crippen molar-refractivity contribution in [2.24, 2.45) is 5.92 Å². The molecule has 0 aliphatic carbocycles. The van der Waals surface area contributed by atoms with Crippen LogP contribution < -0.4 is 5.32 Å². The molecule has 1 aliphatic rings. The van der Waals surface area contributed by atoms with Crippen LogP contribution in [0.15, 0.2) is 18.2 Å². The van der Waals surface area contributed by atoms with Gasteiger partial charge >= 0.3 is 11.8 Å². The summed E-state index contributed by atoms with van der Waals surface area (Å²) < 4.78 is 5.14. The molecule has 1 atom stereocenters. The molecule has 0 aromatic heterocycles. The molecule has 1 heterocycles. The molecule has 1 aromatic carbocycles. The van der Waals surface area contributed by atoms with Crippen LogP contribution in [0, 0.1) is 12.8 Å². The number of amides is 2. The van der Waals surface area contributed by atoms with Crippen molar-refractivity contribution in [3.63, 3.8) is 0 Å². The average molecular weight is 325 g/mol. The maximum absolute atomic E-state index is 12.3. The van der Waals surface area contributed by atoms with E-state index in [1.165, 1.54) is 0 Å². The molecular weight excluding hydrogens is 304 g/mol. The Kier molecular flexibility index (Phi) is 5.80. The first-order valence-electron chi connectivity index (χ1n) is 7.36. The predicted octanol–water partition coefficient (Wildman–Crippen LogP) is 2.47. The predicted molar refractivity (Wildman–Crippen MR) is 86.0 cm³/mol. The number of hydrogen-bond acceptors (Lipinski definition) is 3. The zero-order chi connectivity index (χ0) is 16.1. The van der Waals surface area contributed by atoms with Crippen LogP contribution >= 0.6 is 11.6 Å². The third-order valence-corrected chi connectivity index (χ3v) is 4.09. The third kappa shape index (κ3) is 4.21. The quantitative estimate of drug-likeness (QED) is 0.869. The van der Waals surface area contributed by atoms with Crippen LogP contribution in [-0.4, -0.2) is 43.5 Å². The van der Waals surface area contributed by atoms with Gasteiger partial charge in [0, 0.05) is 20.2 Å². The van der Waals surface area contributed by atoms with E-state index in [-0.39, 0.29) is 0 Å². The van der Waals surface area contributed by atoms with Crippen molar-refractivity contribution in [1.29, 1.82) is 0 Å². The van der Waals surface area contributed by atoms with Crippen LogP contribution in [0.2, 0.25) is 5.02 Å². The monoisotopic (exact) mass is 324 g/mol. The molecule has 0 unspecified atom stereocenters. The second-order valence-electron chi connectivity index (χ2n) is 5.65. The third-order valence-electron chi connectivity index (χ3n) is 3.78. The van der Waals surface area contributed by atoms with Crippen molar-refractivity contribution in [1.82, 2.24) is 4.90 Å². The number of halogens is 1. The van der Waals surface area contributed by atoms with E-state index in [2.05, 4.69) is 5.32 Å². The molecule has 1 fully saturated rings. The van der Waals surface area contributed by atoms with Gasteiger partial charge in [-0.2, -0.15) is 0 Å². The van der Waals surface area contributed by atoms with Crippen molar-refractivity contribution in [3.8, 4) is 0 Å². The fourth-order valence-electron chi connectivity index (χ4n) is 2.66. The maximum atomic E-state index is 12.3. The van der Waals surface area contributed by atoms with Crippen LogP contribution in [0.4, 0.5) is 5.69 Å². The molecule has 2 rings (SSSR count). The van der Waals surface area contributed by atoms with E-state index in [0.717, 1.165) is 18.4 Å². The van der Waals surface area contributed by atoms with E-state index < -0.39 is 11.8 Å². The van der Waals surface area contributed by atoms with E-state index in [1.807, 2.05) is 13.0 Å². The van der Waals surface area contributed by atoms with Gasteiger partial charge in [0.05, 0.1) is 17.3 Å². The molecule has 0 bridgehead atoms. The fourth-order valence-corrected chi connectivity index (χ4v) is 2.94. The summed E-state index contributed by atoms with van der Waals surface area (Å²) in [5.41, 5.74) is 1.45. The van der Waals surface area contributed by atoms with Gasteiger partial charge < -0.3 is 15.0 Å². The number of rotatable bonds is 3. The van der Waals surface area contributed by atoms with Crippen LogP contribution in [0.1, 0.15) is 18.4 Å². The molecule has 0 spiro atoms. The number of piperidine rings is 1. The molecule has 120 valence electrons. The lowest BCUT2D eigenvalue weighted by Crippen LogP contribution is -2.46. The highest BCUT2D eigenvalue weighted by Gasteiger charge is 2.28. The minimum absolute atomic E-state index is 0.290. The minimum atomic E-state index is -0.649. The molecule has 2 amide bonds. The Balaban J connectivity index is 1.98. The van der Waals surface area contributed by atoms with Gasteiger partial charge in [-0.3, -0.25) is 9.59 Å². The lowest BCUT2D eigenvalue weighted by Gasteiger charge is -2.31. The van der Waals surface area contributed by atoms with Crippen molar-refractivity contribution in [3.05, 3.63) is 28.8 Å². The second-order valence-corrected chi connectivity index (χ2v) is 6.06. The van der Waals surface area contributed by atoms with Crippen molar-refractivity contribution in [2.75, 3.05) is 32.1 Å². The number of nitrogens with zero attached hydrogens (tertiary/aromatic N) is 1. The summed E-state index contributed by atoms with van der Waals surface area (Å²) in [6.45, 7) is 3.68. The Morgan fingerprint density at radius 1 is 1.45 bits per heavy atom. The van der Waals surface area contributed by atoms with E-state index in [1.54, 1.807) is 24.1 Å². The number of benzene rings is 1. The second kappa shape index (κ2) is 7.61. The van der Waals surface area contributed by atoms with E-state index in [9.17, 15) is 9.59 Å². The van der Waals surface area contributed by atoms with E-state index in [4.69, 9.17) is 16.3 Å². The number of carbonyl (C=O) groups is 2. The summed E-state index contributed by atoms with van der Waals surface area (Å²) >= 11 is 6.07. The van der Waals surface area contributed by atoms with Crippen LogP contribution in [0.5, 0.6) is 0 Å². The fraction of sp³-hybridized carbons (Fsp3) is 0.500. The molecular formula is C16H21ClN2O3. The first kappa shape index (κ1) is 16.8. The number of anilines is 1. The van der Waals surface area contributed by atoms with Gasteiger partial charge in [-0.25, -0.2) is 0 Å². The van der Waals surface area contributed by atoms with Gasteiger partial charge in [0.1, 0.15) is 0 Å². The SMILES string of the molecule is COC[C@H]1CCCN(C(=O)C(=O)Nc2ccc(C)cc2Cl)C1. The number of aryl methyl sites for hydroxylation is 1. The Hall–Kier alpha value is -1.59. The smallest absolute Gasteiger partial charge is 0.313 e. The van der Waals surface area contributed by atoms with Gasteiger partial charge in [-0.15, -0.1) is 0 Å². The first-order valence-corrected chi connectivity index (χ1v) is 7.74. The summed E-state index contributed by atoms with van der Waals surface area (Å²) in [7, 11) is 1.65. The van der Waals surface area contributed by atoms with Crippen LogP contribution in [-0.2, 0) is 14.3 Å². The number of likely N-dealkylation sites (tertiary alicyclic amines) is 1. The number of nitrogens with one attached hydrogen (secondary N) is 1. The topological polar surface area (TPSA) is 58.6 Å². The first-order chi connectivity index (χ1) is 10.5. The highest BCUT2D eigenvalue weighted by molar-refractivity contribution is 6.41. The summed E-state index contributed by atoms with van der Waals surface area (Å²) in [6.07, 6.45) is 1.90. The average Bonchev–Trinajstić information content (AvgIpc) is 2.50. The van der Waals surface area contributed by atoms with Gasteiger partial charge in [0.25, 0.3) is 0 Å². The van der Waals surface area contributed by atoms with Crippen LogP contribution in [0.25, 0.3) is 0 Å². The van der Waals surface area contributed by atoms with Gasteiger partial charge in [-0.05, 0) is 43.4 Å². The molecule has 1 aliphatic heterocycles. The maximum Gasteiger partial charge on any atom is 0.313 e. The number of carbonyl (C=O) groups excluding carboxylic acids is 2. The Labute approximate surface area is 135 Å².